The van der Waals surface area contributed by atoms with Crippen molar-refractivity contribution in [3.63, 3.8) is 0 Å². The highest BCUT2D eigenvalue weighted by molar-refractivity contribution is 4.95. The van der Waals surface area contributed by atoms with Gasteiger partial charge in [0.15, 0.2) is 0 Å². The summed E-state index contributed by atoms with van der Waals surface area (Å²) in [6.07, 6.45) is 5.75. The first-order valence-corrected chi connectivity index (χ1v) is 9.37. The van der Waals surface area contributed by atoms with Gasteiger partial charge in [-0.2, -0.15) is 0 Å². The maximum absolute atomic E-state index is 3.79. The van der Waals surface area contributed by atoms with E-state index in [4.69, 9.17) is 0 Å². The number of likely N-dealkylation sites (N-methyl/N-ethyl adjacent to an activating group) is 1. The van der Waals surface area contributed by atoms with Crippen LogP contribution in [0.3, 0.4) is 0 Å². The van der Waals surface area contributed by atoms with E-state index < -0.39 is 0 Å². The van der Waals surface area contributed by atoms with Crippen LogP contribution in [0.4, 0.5) is 0 Å². The third-order valence-electron chi connectivity index (χ3n) is 5.93. The molecular formula is C18H35N3. The van der Waals surface area contributed by atoms with Gasteiger partial charge in [-0.15, -0.1) is 0 Å². The first-order chi connectivity index (χ1) is 10.2. The minimum absolute atomic E-state index is 0.712. The predicted octanol–water partition coefficient (Wildman–Crippen LogP) is 2.43. The van der Waals surface area contributed by atoms with Crippen LogP contribution in [0.5, 0.6) is 0 Å². The van der Waals surface area contributed by atoms with Gasteiger partial charge >= 0.3 is 0 Å². The molecule has 0 amide bonds. The molecule has 0 bridgehead atoms. The Labute approximate surface area is 131 Å². The van der Waals surface area contributed by atoms with Crippen LogP contribution in [0.25, 0.3) is 0 Å². The summed E-state index contributed by atoms with van der Waals surface area (Å²) < 4.78 is 0. The monoisotopic (exact) mass is 293 g/mol. The van der Waals surface area contributed by atoms with Crippen molar-refractivity contribution in [3.05, 3.63) is 0 Å². The molecular weight excluding hydrogens is 258 g/mol. The van der Waals surface area contributed by atoms with Crippen molar-refractivity contribution in [2.24, 2.45) is 17.8 Å². The zero-order chi connectivity index (χ0) is 14.8. The van der Waals surface area contributed by atoms with E-state index in [9.17, 15) is 0 Å². The largest absolute Gasteiger partial charge is 0.313 e. The third kappa shape index (κ3) is 4.00. The van der Waals surface area contributed by atoms with Gasteiger partial charge in [0, 0.05) is 44.8 Å². The van der Waals surface area contributed by atoms with Gasteiger partial charge in [-0.3, -0.25) is 4.90 Å². The van der Waals surface area contributed by atoms with E-state index in [1.807, 2.05) is 0 Å². The SMILES string of the molecule is CCNC1CC(C)CC(C)C1N1CCN(CC2CC2)CC1. The Balaban J connectivity index is 1.55. The van der Waals surface area contributed by atoms with Gasteiger partial charge in [-0.05, 0) is 50.0 Å². The van der Waals surface area contributed by atoms with Crippen LogP contribution in [-0.4, -0.2) is 61.2 Å². The normalized spacial score (nSPS) is 39.6. The Hall–Kier alpha value is -0.120. The van der Waals surface area contributed by atoms with E-state index in [-0.39, 0.29) is 0 Å². The molecule has 1 heterocycles. The molecule has 4 atom stereocenters. The number of rotatable bonds is 5. The smallest absolute Gasteiger partial charge is 0.0276 e. The molecule has 3 rings (SSSR count). The Morgan fingerprint density at radius 1 is 1.00 bits per heavy atom. The molecule has 2 aliphatic carbocycles. The molecule has 1 aliphatic heterocycles. The first-order valence-electron chi connectivity index (χ1n) is 9.37. The van der Waals surface area contributed by atoms with Gasteiger partial charge in [-0.1, -0.05) is 20.8 Å². The maximum Gasteiger partial charge on any atom is 0.0276 e. The fourth-order valence-corrected chi connectivity index (χ4v) is 4.83. The van der Waals surface area contributed by atoms with Crippen LogP contribution in [0.15, 0.2) is 0 Å². The minimum Gasteiger partial charge on any atom is -0.313 e. The fraction of sp³-hybridized carbons (Fsp3) is 1.00. The predicted molar refractivity (Wildman–Crippen MR) is 89.6 cm³/mol. The lowest BCUT2D eigenvalue weighted by Gasteiger charge is -2.48. The van der Waals surface area contributed by atoms with Crippen LogP contribution < -0.4 is 5.32 Å². The van der Waals surface area contributed by atoms with E-state index in [0.717, 1.165) is 30.3 Å². The van der Waals surface area contributed by atoms with Gasteiger partial charge in [0.25, 0.3) is 0 Å². The average Bonchev–Trinajstić information content (AvgIpc) is 3.24. The lowest BCUT2D eigenvalue weighted by Crippen LogP contribution is -2.60. The summed E-state index contributed by atoms with van der Waals surface area (Å²) in [5.41, 5.74) is 0. The summed E-state index contributed by atoms with van der Waals surface area (Å²) >= 11 is 0. The van der Waals surface area contributed by atoms with Crippen molar-refractivity contribution in [1.29, 1.82) is 0 Å². The lowest BCUT2D eigenvalue weighted by atomic mass is 9.75. The van der Waals surface area contributed by atoms with Crippen LogP contribution in [0.1, 0.15) is 46.5 Å². The molecule has 122 valence electrons. The first kappa shape index (κ1) is 15.8. The second-order valence-corrected chi connectivity index (χ2v) is 7.99. The zero-order valence-corrected chi connectivity index (χ0v) is 14.4. The molecule has 3 nitrogen and oxygen atoms in total. The Morgan fingerprint density at radius 2 is 1.71 bits per heavy atom. The summed E-state index contributed by atoms with van der Waals surface area (Å²) in [6.45, 7) is 14.8. The number of hydrogen-bond acceptors (Lipinski definition) is 3. The van der Waals surface area contributed by atoms with Gasteiger partial charge in [0.05, 0.1) is 0 Å². The third-order valence-corrected chi connectivity index (χ3v) is 5.93. The van der Waals surface area contributed by atoms with E-state index in [0.29, 0.717) is 6.04 Å². The van der Waals surface area contributed by atoms with Gasteiger partial charge in [0.1, 0.15) is 0 Å². The molecule has 4 unspecified atom stereocenters. The Bertz CT molecular complexity index is 320. The lowest BCUT2D eigenvalue weighted by molar-refractivity contribution is 0.0231. The molecule has 1 saturated heterocycles. The molecule has 0 aromatic carbocycles. The quantitative estimate of drug-likeness (QED) is 0.840. The van der Waals surface area contributed by atoms with Crippen molar-refractivity contribution in [3.8, 4) is 0 Å². The van der Waals surface area contributed by atoms with Crippen molar-refractivity contribution >= 4 is 0 Å². The molecule has 1 N–H and O–H groups in total. The number of nitrogens with one attached hydrogen (secondary N) is 1. The van der Waals surface area contributed by atoms with Crippen LogP contribution >= 0.6 is 0 Å². The molecule has 0 radical (unpaired) electrons. The highest BCUT2D eigenvalue weighted by Gasteiger charge is 2.38. The maximum atomic E-state index is 3.79. The van der Waals surface area contributed by atoms with Gasteiger partial charge in [0.2, 0.25) is 0 Å². The molecule has 21 heavy (non-hydrogen) atoms. The van der Waals surface area contributed by atoms with E-state index in [1.165, 1.54) is 58.4 Å². The van der Waals surface area contributed by atoms with E-state index in [1.54, 1.807) is 0 Å². The highest BCUT2D eigenvalue weighted by atomic mass is 15.3. The van der Waals surface area contributed by atoms with Crippen LogP contribution in [0, 0.1) is 17.8 Å². The highest BCUT2D eigenvalue weighted by Crippen LogP contribution is 2.34. The molecule has 2 saturated carbocycles. The van der Waals surface area contributed by atoms with Gasteiger partial charge < -0.3 is 10.2 Å². The van der Waals surface area contributed by atoms with Crippen LogP contribution in [0.2, 0.25) is 0 Å². The molecule has 3 aliphatic rings. The van der Waals surface area contributed by atoms with Gasteiger partial charge in [-0.25, -0.2) is 0 Å². The molecule has 0 aromatic rings. The minimum atomic E-state index is 0.712. The van der Waals surface area contributed by atoms with Crippen molar-refractivity contribution < 1.29 is 0 Å². The van der Waals surface area contributed by atoms with E-state index in [2.05, 4.69) is 35.9 Å². The number of hydrogen-bond donors (Lipinski definition) is 1. The summed E-state index contributed by atoms with van der Waals surface area (Å²) in [5.74, 6) is 2.77. The Morgan fingerprint density at radius 3 is 2.33 bits per heavy atom. The van der Waals surface area contributed by atoms with E-state index >= 15 is 0 Å². The topological polar surface area (TPSA) is 18.5 Å². The molecule has 0 spiro atoms. The van der Waals surface area contributed by atoms with Crippen molar-refractivity contribution in [2.45, 2.75) is 58.5 Å². The average molecular weight is 293 g/mol. The number of piperazine rings is 1. The fourth-order valence-electron chi connectivity index (χ4n) is 4.83. The molecule has 3 heteroatoms. The molecule has 0 aromatic heterocycles. The second kappa shape index (κ2) is 6.97. The number of nitrogens with zero attached hydrogens (tertiary/aromatic N) is 2. The second-order valence-electron chi connectivity index (χ2n) is 7.99. The Kier molecular flexibility index (Phi) is 5.23. The van der Waals surface area contributed by atoms with Crippen molar-refractivity contribution in [1.82, 2.24) is 15.1 Å². The molecule has 3 fully saturated rings. The zero-order valence-electron chi connectivity index (χ0n) is 14.4. The summed E-state index contributed by atoms with van der Waals surface area (Å²) in [5, 5.41) is 3.79. The van der Waals surface area contributed by atoms with Crippen LogP contribution in [-0.2, 0) is 0 Å². The summed E-state index contributed by atoms with van der Waals surface area (Å²) in [7, 11) is 0. The summed E-state index contributed by atoms with van der Waals surface area (Å²) in [4.78, 5) is 5.53. The summed E-state index contributed by atoms with van der Waals surface area (Å²) in [6, 6.07) is 1.48. The standard InChI is InChI=1S/C18H35N3/c1-4-19-17-12-14(2)11-15(3)18(17)21-9-7-20(8-10-21)13-16-5-6-16/h14-19H,4-13H2,1-3H3. The van der Waals surface area contributed by atoms with Crippen molar-refractivity contribution in [2.75, 3.05) is 39.3 Å².